The minimum Gasteiger partial charge on any atom is -0.356 e. The maximum atomic E-state index is 12.0. The van der Waals surface area contributed by atoms with Crippen LogP contribution >= 0.6 is 11.2 Å². The van der Waals surface area contributed by atoms with Gasteiger partial charge < -0.3 is 5.32 Å². The summed E-state index contributed by atoms with van der Waals surface area (Å²) in [6.45, 7) is 13.9. The third-order valence-corrected chi connectivity index (χ3v) is 3.11. The Bertz CT molecular complexity index is 300. The van der Waals surface area contributed by atoms with Gasteiger partial charge in [-0.1, -0.05) is 48.5 Å². The molecule has 0 saturated heterocycles. The number of hydrogen-bond donors (Lipinski definition) is 4. The van der Waals surface area contributed by atoms with Crippen molar-refractivity contribution in [3.05, 3.63) is 0 Å². The summed E-state index contributed by atoms with van der Waals surface area (Å²) in [4.78, 5) is 12.0. The van der Waals surface area contributed by atoms with Gasteiger partial charge in [0.2, 0.25) is 17.1 Å². The lowest BCUT2D eigenvalue weighted by molar-refractivity contribution is -0.131. The third kappa shape index (κ3) is 11.9. The van der Waals surface area contributed by atoms with E-state index in [0.717, 1.165) is 6.42 Å². The van der Waals surface area contributed by atoms with Crippen molar-refractivity contribution < 1.29 is 22.6 Å². The van der Waals surface area contributed by atoms with E-state index in [4.69, 9.17) is 13.7 Å². The van der Waals surface area contributed by atoms with Gasteiger partial charge >= 0.3 is 0 Å². The van der Waals surface area contributed by atoms with Crippen molar-refractivity contribution in [1.82, 2.24) is 5.32 Å². The molecule has 0 bridgehead atoms. The maximum Gasteiger partial charge on any atom is 0.225 e. The van der Waals surface area contributed by atoms with E-state index in [1.54, 1.807) is 0 Å². The molecule has 0 aromatic carbocycles. The summed E-state index contributed by atoms with van der Waals surface area (Å²) < 4.78 is 31.0. The van der Waals surface area contributed by atoms with Crippen LogP contribution in [0.2, 0.25) is 0 Å². The van der Waals surface area contributed by atoms with Gasteiger partial charge in [-0.05, 0) is 18.3 Å². The number of nitrogens with one attached hydrogen (secondary N) is 1. The van der Waals surface area contributed by atoms with Crippen LogP contribution in [0.4, 0.5) is 0 Å². The molecule has 0 rings (SSSR count). The van der Waals surface area contributed by atoms with E-state index in [1.807, 2.05) is 48.5 Å². The smallest absolute Gasteiger partial charge is 0.225 e. The molecule has 0 aliphatic rings. The molecule has 4 N–H and O–H groups in total. The quantitative estimate of drug-likeness (QED) is 0.537. The number of carbonyl (C=O) groups excluding carboxylic acids is 1. The van der Waals surface area contributed by atoms with Crippen molar-refractivity contribution in [3.63, 3.8) is 0 Å². The first kappa shape index (κ1) is 22.9. The summed E-state index contributed by atoms with van der Waals surface area (Å²) in [7, 11) is 0. The van der Waals surface area contributed by atoms with E-state index in [0.29, 0.717) is 13.0 Å². The fraction of sp³-hybridized carbons (Fsp3) is 0.929. The fourth-order valence-electron chi connectivity index (χ4n) is 2.04. The standard InChI is InChI=1S/C12H27NO5S.C2H6/c1-6-7-13-10(14)12(4,5)8-11(2,3)9-18-19(15,16)17;1-2/h15-17H,6-9H2,1-5H3,(H,13,14);1-2H3. The van der Waals surface area contributed by atoms with Gasteiger partial charge in [-0.3, -0.25) is 22.6 Å². The topological polar surface area (TPSA) is 99.0 Å². The first-order chi connectivity index (χ1) is 9.40. The molecule has 0 aliphatic carbocycles. The van der Waals surface area contributed by atoms with Gasteiger partial charge in [0.1, 0.15) is 0 Å². The summed E-state index contributed by atoms with van der Waals surface area (Å²) in [6.07, 6.45) is 1.37. The highest BCUT2D eigenvalue weighted by atomic mass is 32.3. The molecule has 7 heteroatoms. The predicted molar refractivity (Wildman–Crippen MR) is 88.3 cm³/mol. The highest BCUT2D eigenvalue weighted by Crippen LogP contribution is 2.40. The van der Waals surface area contributed by atoms with E-state index >= 15 is 0 Å². The predicted octanol–water partition coefficient (Wildman–Crippen LogP) is 4.14. The number of rotatable bonds is 8. The van der Waals surface area contributed by atoms with E-state index in [9.17, 15) is 4.79 Å². The van der Waals surface area contributed by atoms with E-state index in [-0.39, 0.29) is 12.5 Å². The molecule has 0 unspecified atom stereocenters. The van der Waals surface area contributed by atoms with Crippen LogP contribution in [-0.2, 0) is 8.98 Å². The van der Waals surface area contributed by atoms with Gasteiger partial charge in [-0.2, -0.15) is 0 Å². The SMILES string of the molecule is CC.CCCNC(=O)C(C)(C)CC(C)(C)COS(O)(O)O. The Labute approximate surface area is 131 Å². The van der Waals surface area contributed by atoms with Crippen LogP contribution in [0.1, 0.15) is 61.3 Å². The monoisotopic (exact) mass is 327 g/mol. The molecule has 0 saturated carbocycles. The average molecular weight is 327 g/mol. The normalized spacial score (nSPS) is 13.2. The number of amides is 1. The first-order valence-corrected chi connectivity index (χ1v) is 8.76. The second kappa shape index (κ2) is 9.63. The van der Waals surface area contributed by atoms with E-state index in [1.165, 1.54) is 0 Å². The molecule has 0 aliphatic heterocycles. The Hall–Kier alpha value is -0.340. The van der Waals surface area contributed by atoms with Crippen molar-refractivity contribution >= 4 is 17.1 Å². The second-order valence-electron chi connectivity index (χ2n) is 6.21. The Morgan fingerprint density at radius 3 is 2.00 bits per heavy atom. The van der Waals surface area contributed by atoms with Crippen molar-refractivity contribution in [2.45, 2.75) is 61.3 Å². The van der Waals surface area contributed by atoms with Gasteiger partial charge in [0.25, 0.3) is 0 Å². The summed E-state index contributed by atoms with van der Waals surface area (Å²) in [5.74, 6) is -0.0435. The van der Waals surface area contributed by atoms with Crippen molar-refractivity contribution in [3.8, 4) is 0 Å². The molecule has 0 spiro atoms. The minimum atomic E-state index is -3.95. The van der Waals surface area contributed by atoms with Crippen LogP contribution in [0.25, 0.3) is 0 Å². The Morgan fingerprint density at radius 1 is 1.14 bits per heavy atom. The number of carbonyl (C=O) groups is 1. The molecule has 130 valence electrons. The van der Waals surface area contributed by atoms with Crippen LogP contribution in [0.5, 0.6) is 0 Å². The minimum absolute atomic E-state index is 0.0435. The largest absolute Gasteiger partial charge is 0.356 e. The zero-order valence-electron chi connectivity index (χ0n) is 14.4. The average Bonchev–Trinajstić information content (AvgIpc) is 2.34. The maximum absolute atomic E-state index is 12.0. The van der Waals surface area contributed by atoms with Gasteiger partial charge in [-0.15, -0.1) is 0 Å². The lowest BCUT2D eigenvalue weighted by Gasteiger charge is -2.35. The van der Waals surface area contributed by atoms with Crippen LogP contribution < -0.4 is 5.32 Å². The van der Waals surface area contributed by atoms with Gasteiger partial charge in [-0.25, -0.2) is 0 Å². The van der Waals surface area contributed by atoms with E-state index in [2.05, 4.69) is 9.50 Å². The Morgan fingerprint density at radius 2 is 1.62 bits per heavy atom. The fourth-order valence-corrected chi connectivity index (χ4v) is 2.52. The molecule has 0 aromatic rings. The lowest BCUT2D eigenvalue weighted by Crippen LogP contribution is -2.41. The number of hydrogen-bond acceptors (Lipinski definition) is 5. The van der Waals surface area contributed by atoms with Gasteiger partial charge in [0.05, 0.1) is 6.61 Å². The molecular formula is C14H33NO5S. The first-order valence-electron chi connectivity index (χ1n) is 7.33. The van der Waals surface area contributed by atoms with Crippen LogP contribution in [-0.4, -0.2) is 32.7 Å². The lowest BCUT2D eigenvalue weighted by atomic mass is 9.75. The molecule has 6 nitrogen and oxygen atoms in total. The summed E-state index contributed by atoms with van der Waals surface area (Å²) in [5, 5.41) is 2.84. The Balaban J connectivity index is 0. The molecule has 0 fully saturated rings. The van der Waals surface area contributed by atoms with Crippen LogP contribution in [0, 0.1) is 10.8 Å². The summed E-state index contributed by atoms with van der Waals surface area (Å²) in [5.41, 5.74) is -1.07. The second-order valence-corrected chi connectivity index (χ2v) is 7.38. The molecule has 0 atom stereocenters. The zero-order valence-corrected chi connectivity index (χ0v) is 15.2. The molecule has 0 aromatic heterocycles. The molecule has 21 heavy (non-hydrogen) atoms. The van der Waals surface area contributed by atoms with Crippen LogP contribution in [0.3, 0.4) is 0 Å². The Kier molecular flexibility index (Phi) is 10.5. The molecule has 1 amide bonds. The summed E-state index contributed by atoms with van der Waals surface area (Å²) >= 11 is -3.95. The van der Waals surface area contributed by atoms with Gasteiger partial charge in [0, 0.05) is 12.0 Å². The zero-order chi connectivity index (χ0) is 17.3. The van der Waals surface area contributed by atoms with Crippen molar-refractivity contribution in [2.75, 3.05) is 13.2 Å². The van der Waals surface area contributed by atoms with Crippen LogP contribution in [0.15, 0.2) is 0 Å². The van der Waals surface area contributed by atoms with Gasteiger partial charge in [0.15, 0.2) is 0 Å². The van der Waals surface area contributed by atoms with Crippen molar-refractivity contribution in [2.24, 2.45) is 10.8 Å². The highest BCUT2D eigenvalue weighted by Gasteiger charge is 2.35. The summed E-state index contributed by atoms with van der Waals surface area (Å²) in [6, 6.07) is 0. The highest BCUT2D eigenvalue weighted by molar-refractivity contribution is 8.15. The third-order valence-electron chi connectivity index (χ3n) is 2.68. The molecule has 0 heterocycles. The van der Waals surface area contributed by atoms with Crippen molar-refractivity contribution in [1.29, 1.82) is 0 Å². The molecular weight excluding hydrogens is 294 g/mol. The van der Waals surface area contributed by atoms with E-state index < -0.39 is 22.0 Å². The molecule has 0 radical (unpaired) electrons.